The zero-order chi connectivity index (χ0) is 15.1. The lowest BCUT2D eigenvalue weighted by Crippen LogP contribution is -2.23. The van der Waals surface area contributed by atoms with Gasteiger partial charge in [-0.3, -0.25) is 10.1 Å². The molecular weight excluding hydrogens is 252 g/mol. The minimum atomic E-state index is -0.375. The predicted octanol–water partition coefficient (Wildman–Crippen LogP) is 4.33. The normalized spacial score (nSPS) is 9.80. The van der Waals surface area contributed by atoms with Crippen molar-refractivity contribution in [3.63, 3.8) is 0 Å². The maximum absolute atomic E-state index is 10.7. The second kappa shape index (κ2) is 7.48. The van der Waals surface area contributed by atoms with Crippen molar-refractivity contribution >= 4 is 11.4 Å². The molecule has 0 aliphatic rings. The zero-order valence-corrected chi connectivity index (χ0v) is 12.6. The molecule has 4 nitrogen and oxygen atoms in total. The van der Waals surface area contributed by atoms with E-state index >= 15 is 0 Å². The molecule has 0 spiro atoms. The quantitative estimate of drug-likeness (QED) is 0.440. The van der Waals surface area contributed by atoms with Gasteiger partial charge in [0, 0.05) is 30.9 Å². The topological polar surface area (TPSA) is 46.4 Å². The summed E-state index contributed by atoms with van der Waals surface area (Å²) < 4.78 is 0. The van der Waals surface area contributed by atoms with Gasteiger partial charge >= 0.3 is 0 Å². The van der Waals surface area contributed by atoms with Crippen LogP contribution in [-0.4, -0.2) is 18.0 Å². The van der Waals surface area contributed by atoms with E-state index in [9.17, 15) is 10.1 Å². The van der Waals surface area contributed by atoms with Crippen molar-refractivity contribution in [1.82, 2.24) is 0 Å². The van der Waals surface area contributed by atoms with Crippen LogP contribution < -0.4 is 4.90 Å². The Morgan fingerprint density at radius 3 is 1.85 bits per heavy atom. The Kier molecular flexibility index (Phi) is 5.97. The maximum atomic E-state index is 10.7. The predicted molar refractivity (Wildman–Crippen MR) is 84.2 cm³/mol. The standard InChI is InChI=1S/C16H22N2O2/c1-13(2)9-11-17(12-10-14(3)4)15-5-7-16(8-6-15)18(19)20/h5-10H,11-12H2,1-4H3. The highest BCUT2D eigenvalue weighted by Gasteiger charge is 2.08. The van der Waals surface area contributed by atoms with Crippen molar-refractivity contribution in [2.75, 3.05) is 18.0 Å². The lowest BCUT2D eigenvalue weighted by Gasteiger charge is -2.22. The van der Waals surface area contributed by atoms with Gasteiger partial charge in [0.05, 0.1) is 4.92 Å². The van der Waals surface area contributed by atoms with Crippen LogP contribution in [0, 0.1) is 10.1 Å². The fourth-order valence-electron chi connectivity index (χ4n) is 1.66. The Bertz CT molecular complexity index is 488. The first-order valence-corrected chi connectivity index (χ1v) is 6.66. The summed E-state index contributed by atoms with van der Waals surface area (Å²) in [5, 5.41) is 10.7. The van der Waals surface area contributed by atoms with Crippen molar-refractivity contribution < 1.29 is 4.92 Å². The smallest absolute Gasteiger partial charge is 0.269 e. The summed E-state index contributed by atoms with van der Waals surface area (Å²) in [6.07, 6.45) is 4.31. The molecule has 0 N–H and O–H groups in total. The average Bonchev–Trinajstić information content (AvgIpc) is 2.38. The molecule has 108 valence electrons. The van der Waals surface area contributed by atoms with Crippen molar-refractivity contribution in [2.45, 2.75) is 27.7 Å². The molecule has 0 saturated carbocycles. The molecule has 0 bridgehead atoms. The largest absolute Gasteiger partial charge is 0.364 e. The number of hydrogen-bond donors (Lipinski definition) is 0. The number of nitrogens with zero attached hydrogens (tertiary/aromatic N) is 2. The van der Waals surface area contributed by atoms with Crippen LogP contribution in [0.3, 0.4) is 0 Å². The molecule has 4 heteroatoms. The first kappa shape index (κ1) is 16.0. The maximum Gasteiger partial charge on any atom is 0.269 e. The van der Waals surface area contributed by atoms with Gasteiger partial charge in [0.1, 0.15) is 0 Å². The third-order valence-electron chi connectivity index (χ3n) is 2.87. The van der Waals surface area contributed by atoms with E-state index in [1.807, 2.05) is 0 Å². The van der Waals surface area contributed by atoms with Crippen LogP contribution in [0.25, 0.3) is 0 Å². The Morgan fingerprint density at radius 2 is 1.50 bits per heavy atom. The molecule has 1 rings (SSSR count). The van der Waals surface area contributed by atoms with Crippen LogP contribution >= 0.6 is 0 Å². The van der Waals surface area contributed by atoms with Crippen LogP contribution in [0.4, 0.5) is 11.4 Å². The molecule has 0 heterocycles. The van der Waals surface area contributed by atoms with Crippen LogP contribution in [0.1, 0.15) is 27.7 Å². The first-order valence-electron chi connectivity index (χ1n) is 6.66. The fourth-order valence-corrected chi connectivity index (χ4v) is 1.66. The van der Waals surface area contributed by atoms with Gasteiger partial charge in [-0.1, -0.05) is 23.3 Å². The third kappa shape index (κ3) is 5.26. The van der Waals surface area contributed by atoms with E-state index in [4.69, 9.17) is 0 Å². The summed E-state index contributed by atoms with van der Waals surface area (Å²) >= 11 is 0. The molecule has 0 amide bonds. The van der Waals surface area contributed by atoms with Crippen molar-refractivity contribution in [3.05, 3.63) is 57.7 Å². The van der Waals surface area contributed by atoms with Gasteiger partial charge in [-0.25, -0.2) is 0 Å². The van der Waals surface area contributed by atoms with E-state index in [-0.39, 0.29) is 10.6 Å². The van der Waals surface area contributed by atoms with Gasteiger partial charge in [-0.2, -0.15) is 0 Å². The summed E-state index contributed by atoms with van der Waals surface area (Å²) in [6, 6.07) is 6.70. The average molecular weight is 274 g/mol. The molecule has 0 aromatic heterocycles. The molecule has 0 aliphatic heterocycles. The van der Waals surface area contributed by atoms with Crippen LogP contribution in [0.2, 0.25) is 0 Å². The molecule has 0 unspecified atom stereocenters. The Hall–Kier alpha value is -2.10. The molecule has 1 aromatic rings. The number of benzene rings is 1. The molecular formula is C16H22N2O2. The van der Waals surface area contributed by atoms with E-state index in [0.717, 1.165) is 18.8 Å². The second-order valence-corrected chi connectivity index (χ2v) is 5.24. The van der Waals surface area contributed by atoms with Gasteiger partial charge in [0.25, 0.3) is 5.69 Å². The van der Waals surface area contributed by atoms with E-state index in [1.165, 1.54) is 11.1 Å². The Labute approximate surface area is 120 Å². The van der Waals surface area contributed by atoms with Gasteiger partial charge in [0.15, 0.2) is 0 Å². The molecule has 0 atom stereocenters. The van der Waals surface area contributed by atoms with Crippen LogP contribution in [-0.2, 0) is 0 Å². The lowest BCUT2D eigenvalue weighted by molar-refractivity contribution is -0.384. The summed E-state index contributed by atoms with van der Waals surface area (Å²) in [5.41, 5.74) is 3.63. The highest BCUT2D eigenvalue weighted by Crippen LogP contribution is 2.19. The van der Waals surface area contributed by atoms with Gasteiger partial charge in [-0.15, -0.1) is 0 Å². The number of rotatable bonds is 6. The van der Waals surface area contributed by atoms with Crippen molar-refractivity contribution in [3.8, 4) is 0 Å². The van der Waals surface area contributed by atoms with Crippen LogP contribution in [0.15, 0.2) is 47.6 Å². The zero-order valence-electron chi connectivity index (χ0n) is 12.6. The lowest BCUT2D eigenvalue weighted by atomic mass is 10.2. The molecule has 0 radical (unpaired) electrons. The summed E-state index contributed by atoms with van der Waals surface area (Å²) in [5.74, 6) is 0. The van der Waals surface area contributed by atoms with Gasteiger partial charge in [0.2, 0.25) is 0 Å². The monoisotopic (exact) mass is 274 g/mol. The fraction of sp³-hybridized carbons (Fsp3) is 0.375. The minimum absolute atomic E-state index is 0.123. The molecule has 0 aliphatic carbocycles. The third-order valence-corrected chi connectivity index (χ3v) is 2.87. The number of hydrogen-bond acceptors (Lipinski definition) is 3. The minimum Gasteiger partial charge on any atom is -0.364 e. The SMILES string of the molecule is CC(C)=CCN(CC=C(C)C)c1ccc([N+](=O)[O-])cc1. The molecule has 0 saturated heterocycles. The molecule has 1 aromatic carbocycles. The highest BCUT2D eigenvalue weighted by molar-refractivity contribution is 5.52. The molecule has 0 fully saturated rings. The van der Waals surface area contributed by atoms with Crippen molar-refractivity contribution in [2.24, 2.45) is 0 Å². The summed E-state index contributed by atoms with van der Waals surface area (Å²) in [4.78, 5) is 12.5. The van der Waals surface area contributed by atoms with E-state index in [1.54, 1.807) is 24.3 Å². The number of nitro groups is 1. The van der Waals surface area contributed by atoms with Gasteiger partial charge in [-0.05, 0) is 39.8 Å². The van der Waals surface area contributed by atoms with Crippen molar-refractivity contribution in [1.29, 1.82) is 0 Å². The highest BCUT2D eigenvalue weighted by atomic mass is 16.6. The second-order valence-electron chi connectivity index (χ2n) is 5.24. The Balaban J connectivity index is 2.93. The van der Waals surface area contributed by atoms with Crippen LogP contribution in [0.5, 0.6) is 0 Å². The van der Waals surface area contributed by atoms with E-state index in [2.05, 4.69) is 44.7 Å². The summed E-state index contributed by atoms with van der Waals surface area (Å²) in [7, 11) is 0. The number of allylic oxidation sites excluding steroid dienone is 2. The first-order chi connectivity index (χ1) is 9.40. The number of nitro benzene ring substituents is 1. The van der Waals surface area contributed by atoms with E-state index in [0.29, 0.717) is 0 Å². The van der Waals surface area contributed by atoms with E-state index < -0.39 is 0 Å². The summed E-state index contributed by atoms with van der Waals surface area (Å²) in [6.45, 7) is 9.85. The molecule has 20 heavy (non-hydrogen) atoms. The van der Waals surface area contributed by atoms with Gasteiger partial charge < -0.3 is 4.90 Å². The number of non-ortho nitro benzene ring substituents is 1. The number of anilines is 1. The Morgan fingerprint density at radius 1 is 1.05 bits per heavy atom.